The van der Waals surface area contributed by atoms with Crippen molar-refractivity contribution < 1.29 is 13.6 Å². The van der Waals surface area contributed by atoms with Gasteiger partial charge in [0.1, 0.15) is 10.8 Å². The summed E-state index contributed by atoms with van der Waals surface area (Å²) in [5.41, 5.74) is 0.868. The Kier molecular flexibility index (Phi) is 4.68. The van der Waals surface area contributed by atoms with Gasteiger partial charge in [0.25, 0.3) is 5.91 Å². The first kappa shape index (κ1) is 15.2. The van der Waals surface area contributed by atoms with Gasteiger partial charge in [0, 0.05) is 5.75 Å². The molecule has 0 unspecified atom stereocenters. The first-order chi connectivity index (χ1) is 11.2. The monoisotopic (exact) mass is 329 g/mol. The van der Waals surface area contributed by atoms with Gasteiger partial charge in [-0.05, 0) is 42.0 Å². The van der Waals surface area contributed by atoms with Gasteiger partial charge in [0.05, 0.1) is 6.26 Å². The Labute approximate surface area is 135 Å². The number of amides is 1. The van der Waals surface area contributed by atoms with Crippen LogP contribution in [0.2, 0.25) is 0 Å². The first-order valence-corrected chi connectivity index (χ1v) is 7.75. The summed E-state index contributed by atoms with van der Waals surface area (Å²) >= 11 is 1.44. The Bertz CT molecular complexity index is 791. The van der Waals surface area contributed by atoms with Crippen LogP contribution in [0, 0.1) is 5.82 Å². The van der Waals surface area contributed by atoms with Gasteiger partial charge in [-0.15, -0.1) is 10.2 Å². The van der Waals surface area contributed by atoms with Crippen molar-refractivity contribution in [3.05, 3.63) is 71.9 Å². The van der Waals surface area contributed by atoms with E-state index in [0.29, 0.717) is 16.6 Å². The lowest BCUT2D eigenvalue weighted by molar-refractivity contribution is 0.0996. The molecule has 0 fully saturated rings. The molecule has 0 aliphatic carbocycles. The van der Waals surface area contributed by atoms with Gasteiger partial charge >= 0.3 is 0 Å². The number of rotatable bonds is 5. The van der Waals surface area contributed by atoms with Crippen LogP contribution in [0.15, 0.2) is 64.2 Å². The highest BCUT2D eigenvalue weighted by Crippen LogP contribution is 2.21. The number of carbonyl (C=O) groups is 1. The van der Waals surface area contributed by atoms with Gasteiger partial charge in [0.15, 0.2) is 11.6 Å². The second-order valence-corrected chi connectivity index (χ2v) is 5.60. The highest BCUT2D eigenvalue weighted by molar-refractivity contribution is 7.98. The summed E-state index contributed by atoms with van der Waals surface area (Å²) in [6.07, 6.45) is 1.42. The fourth-order valence-corrected chi connectivity index (χ4v) is 2.59. The minimum absolute atomic E-state index is 0.205. The summed E-state index contributed by atoms with van der Waals surface area (Å²) in [5.74, 6) is 0.484. The van der Waals surface area contributed by atoms with Crippen molar-refractivity contribution in [1.29, 1.82) is 0 Å². The molecule has 0 atom stereocenters. The molecule has 3 rings (SSSR count). The van der Waals surface area contributed by atoms with Gasteiger partial charge < -0.3 is 9.73 Å². The standard InChI is InChI=1S/C16H12FN3O2S/c17-12-4-1-3-11(9-12)10-23-15-7-6-14(19-20-15)18-16(21)13-5-2-8-22-13/h1-9H,10H2,(H,18,19,21). The number of thioether (sulfide) groups is 1. The largest absolute Gasteiger partial charge is 0.459 e. The average Bonchev–Trinajstić information content (AvgIpc) is 3.09. The van der Waals surface area contributed by atoms with E-state index in [-0.39, 0.29) is 17.5 Å². The number of halogens is 1. The van der Waals surface area contributed by atoms with Crippen LogP contribution < -0.4 is 5.32 Å². The molecule has 2 aromatic heterocycles. The normalized spacial score (nSPS) is 10.5. The van der Waals surface area contributed by atoms with Gasteiger partial charge in [-0.3, -0.25) is 4.79 Å². The summed E-state index contributed by atoms with van der Waals surface area (Å²) in [6, 6.07) is 13.0. The summed E-state index contributed by atoms with van der Waals surface area (Å²) in [6.45, 7) is 0. The van der Waals surface area contributed by atoms with E-state index in [9.17, 15) is 9.18 Å². The zero-order chi connectivity index (χ0) is 16.1. The van der Waals surface area contributed by atoms with E-state index < -0.39 is 0 Å². The quantitative estimate of drug-likeness (QED) is 0.722. The second-order valence-electron chi connectivity index (χ2n) is 4.61. The number of aromatic nitrogens is 2. The third-order valence-electron chi connectivity index (χ3n) is 2.90. The van der Waals surface area contributed by atoms with E-state index in [4.69, 9.17) is 4.42 Å². The van der Waals surface area contributed by atoms with Gasteiger partial charge in [-0.1, -0.05) is 23.9 Å². The van der Waals surface area contributed by atoms with Crippen LogP contribution in [0.3, 0.4) is 0 Å². The fraction of sp³-hybridized carbons (Fsp3) is 0.0625. The van der Waals surface area contributed by atoms with Crippen molar-refractivity contribution >= 4 is 23.5 Å². The van der Waals surface area contributed by atoms with Crippen LogP contribution in [0.25, 0.3) is 0 Å². The minimum Gasteiger partial charge on any atom is -0.459 e. The predicted molar refractivity (Wildman–Crippen MR) is 84.7 cm³/mol. The molecule has 0 spiro atoms. The number of hydrogen-bond acceptors (Lipinski definition) is 5. The number of hydrogen-bond donors (Lipinski definition) is 1. The zero-order valence-electron chi connectivity index (χ0n) is 11.9. The molecule has 7 heteroatoms. The lowest BCUT2D eigenvalue weighted by Gasteiger charge is -2.03. The Morgan fingerprint density at radius 2 is 2.09 bits per heavy atom. The molecule has 5 nitrogen and oxygen atoms in total. The van der Waals surface area contributed by atoms with E-state index in [0.717, 1.165) is 5.56 Å². The predicted octanol–water partition coefficient (Wildman–Crippen LogP) is 3.75. The van der Waals surface area contributed by atoms with E-state index in [1.807, 2.05) is 6.07 Å². The van der Waals surface area contributed by atoms with Crippen LogP contribution >= 0.6 is 11.8 Å². The number of furan rings is 1. The number of nitrogens with one attached hydrogen (secondary N) is 1. The van der Waals surface area contributed by atoms with E-state index >= 15 is 0 Å². The van der Waals surface area contributed by atoms with E-state index in [2.05, 4.69) is 15.5 Å². The van der Waals surface area contributed by atoms with E-state index in [1.165, 1.54) is 30.2 Å². The van der Waals surface area contributed by atoms with Gasteiger partial charge in [-0.2, -0.15) is 0 Å². The SMILES string of the molecule is O=C(Nc1ccc(SCc2cccc(F)c2)nn1)c1ccco1. The number of nitrogens with zero attached hydrogens (tertiary/aromatic N) is 2. The summed E-state index contributed by atoms with van der Waals surface area (Å²) in [7, 11) is 0. The molecule has 23 heavy (non-hydrogen) atoms. The van der Waals surface area contributed by atoms with Gasteiger partial charge in [-0.25, -0.2) is 4.39 Å². The molecule has 0 radical (unpaired) electrons. The number of anilines is 1. The van der Waals surface area contributed by atoms with Crippen molar-refractivity contribution in [3.8, 4) is 0 Å². The number of carbonyl (C=O) groups excluding carboxylic acids is 1. The van der Waals surface area contributed by atoms with Crippen LogP contribution in [0.5, 0.6) is 0 Å². The summed E-state index contributed by atoms with van der Waals surface area (Å²) in [4.78, 5) is 11.8. The van der Waals surface area contributed by atoms with Crippen LogP contribution in [0.4, 0.5) is 10.2 Å². The third-order valence-corrected chi connectivity index (χ3v) is 3.89. The van der Waals surface area contributed by atoms with Gasteiger partial charge in [0.2, 0.25) is 0 Å². The molecule has 116 valence electrons. The maximum Gasteiger partial charge on any atom is 0.292 e. The molecular weight excluding hydrogens is 317 g/mol. The molecular formula is C16H12FN3O2S. The Morgan fingerprint density at radius 1 is 1.17 bits per heavy atom. The van der Waals surface area contributed by atoms with E-state index in [1.54, 1.807) is 30.3 Å². The molecule has 0 saturated heterocycles. The van der Waals surface area contributed by atoms with Crippen molar-refractivity contribution in [1.82, 2.24) is 10.2 Å². The van der Waals surface area contributed by atoms with Crippen molar-refractivity contribution in [2.75, 3.05) is 5.32 Å². The highest BCUT2D eigenvalue weighted by Gasteiger charge is 2.09. The van der Waals surface area contributed by atoms with Crippen LogP contribution in [0.1, 0.15) is 16.1 Å². The highest BCUT2D eigenvalue weighted by atomic mass is 32.2. The van der Waals surface area contributed by atoms with Crippen LogP contribution in [-0.2, 0) is 5.75 Å². The first-order valence-electron chi connectivity index (χ1n) is 6.76. The molecule has 1 aromatic carbocycles. The fourth-order valence-electron chi connectivity index (χ4n) is 1.83. The maximum absolute atomic E-state index is 13.1. The molecule has 3 aromatic rings. The Morgan fingerprint density at radius 3 is 2.78 bits per heavy atom. The average molecular weight is 329 g/mol. The molecule has 0 bridgehead atoms. The maximum atomic E-state index is 13.1. The topological polar surface area (TPSA) is 68.0 Å². The van der Waals surface area contributed by atoms with Crippen LogP contribution in [-0.4, -0.2) is 16.1 Å². The van der Waals surface area contributed by atoms with Crippen molar-refractivity contribution in [2.45, 2.75) is 10.8 Å². The molecule has 1 amide bonds. The Balaban J connectivity index is 1.58. The smallest absolute Gasteiger partial charge is 0.292 e. The molecule has 0 saturated carbocycles. The zero-order valence-corrected chi connectivity index (χ0v) is 12.7. The lowest BCUT2D eigenvalue weighted by Crippen LogP contribution is -2.12. The lowest BCUT2D eigenvalue weighted by atomic mass is 10.2. The minimum atomic E-state index is -0.385. The number of benzene rings is 1. The van der Waals surface area contributed by atoms with Crippen molar-refractivity contribution in [2.24, 2.45) is 0 Å². The molecule has 1 N–H and O–H groups in total. The molecule has 0 aliphatic rings. The summed E-state index contributed by atoms with van der Waals surface area (Å²) in [5, 5.41) is 11.2. The summed E-state index contributed by atoms with van der Waals surface area (Å²) < 4.78 is 18.1. The molecule has 2 heterocycles. The Hall–Kier alpha value is -2.67. The third kappa shape index (κ3) is 4.17. The molecule has 0 aliphatic heterocycles. The van der Waals surface area contributed by atoms with Crippen molar-refractivity contribution in [3.63, 3.8) is 0 Å². The second kappa shape index (κ2) is 7.06.